The van der Waals surface area contributed by atoms with E-state index < -0.39 is 0 Å². The number of likely N-dealkylation sites (tertiary alicyclic amines) is 1. The maximum atomic E-state index is 13.5. The lowest BCUT2D eigenvalue weighted by molar-refractivity contribution is 0.0684. The van der Waals surface area contributed by atoms with Crippen LogP contribution in [-0.4, -0.2) is 35.6 Å². The van der Waals surface area contributed by atoms with Gasteiger partial charge in [-0.3, -0.25) is 15.6 Å². The molecule has 1 aliphatic rings. The second kappa shape index (κ2) is 12.3. The maximum absolute atomic E-state index is 13.5. The highest BCUT2D eigenvalue weighted by Gasteiger charge is 2.25. The number of rotatable bonds is 10. The van der Waals surface area contributed by atoms with Gasteiger partial charge >= 0.3 is 0 Å². The van der Waals surface area contributed by atoms with E-state index in [2.05, 4.69) is 6.92 Å². The van der Waals surface area contributed by atoms with Gasteiger partial charge in [0.05, 0.1) is 5.56 Å². The van der Waals surface area contributed by atoms with E-state index in [-0.39, 0.29) is 30.8 Å². The van der Waals surface area contributed by atoms with Crippen molar-refractivity contribution in [2.75, 3.05) is 13.1 Å². The number of nitrogen functional groups attached to an aromatic ring is 2. The van der Waals surface area contributed by atoms with Crippen LogP contribution in [0.25, 0.3) is 0 Å². The summed E-state index contributed by atoms with van der Waals surface area (Å²) >= 11 is 0. The molecule has 0 spiro atoms. The van der Waals surface area contributed by atoms with Crippen molar-refractivity contribution in [2.45, 2.75) is 39.4 Å². The number of carbonyl (C=O) groups is 1. The molecule has 1 amide bonds. The van der Waals surface area contributed by atoms with Crippen molar-refractivity contribution in [1.29, 1.82) is 10.8 Å². The lowest BCUT2D eigenvalue weighted by Gasteiger charge is -2.32. The molecule has 1 heterocycles. The molecule has 4 rings (SSSR count). The summed E-state index contributed by atoms with van der Waals surface area (Å²) < 4.78 is 12.2. The normalized spacial score (nSPS) is 13.7. The molecule has 8 nitrogen and oxygen atoms in total. The van der Waals surface area contributed by atoms with Gasteiger partial charge in [0.1, 0.15) is 36.4 Å². The Bertz CT molecular complexity index is 1310. The third-order valence-corrected chi connectivity index (χ3v) is 6.94. The summed E-state index contributed by atoms with van der Waals surface area (Å²) in [5.41, 5.74) is 14.7. The van der Waals surface area contributed by atoms with E-state index in [0.29, 0.717) is 34.1 Å². The molecule has 0 radical (unpaired) electrons. The van der Waals surface area contributed by atoms with Crippen molar-refractivity contribution in [3.63, 3.8) is 0 Å². The van der Waals surface area contributed by atoms with E-state index in [1.807, 2.05) is 41.3 Å². The SMILES string of the molecule is CCC1CCN(C(=O)c2ccc(OCc3cccc(C(=N)N)c3)cc2OCc2cccc(C(=N)N)c2)CC1. The van der Waals surface area contributed by atoms with Crippen molar-refractivity contribution in [1.82, 2.24) is 4.90 Å². The van der Waals surface area contributed by atoms with Crippen LogP contribution in [0.4, 0.5) is 0 Å². The second-order valence-electron chi connectivity index (χ2n) is 9.61. The molecule has 0 atom stereocenters. The van der Waals surface area contributed by atoms with E-state index >= 15 is 0 Å². The Hall–Kier alpha value is -4.33. The average molecular weight is 514 g/mol. The number of ether oxygens (including phenoxy) is 2. The fourth-order valence-corrected chi connectivity index (χ4v) is 4.59. The zero-order chi connectivity index (χ0) is 27.1. The van der Waals surface area contributed by atoms with Crippen LogP contribution >= 0.6 is 0 Å². The topological polar surface area (TPSA) is 139 Å². The van der Waals surface area contributed by atoms with Gasteiger partial charge in [0.25, 0.3) is 5.91 Å². The molecule has 198 valence electrons. The van der Waals surface area contributed by atoms with E-state index in [4.69, 9.17) is 31.8 Å². The molecule has 6 N–H and O–H groups in total. The smallest absolute Gasteiger partial charge is 0.257 e. The van der Waals surface area contributed by atoms with Crippen LogP contribution in [-0.2, 0) is 13.2 Å². The van der Waals surface area contributed by atoms with Crippen LogP contribution in [0.1, 0.15) is 58.8 Å². The third-order valence-electron chi connectivity index (χ3n) is 6.94. The predicted octanol–water partition coefficient (Wildman–Crippen LogP) is 4.67. The van der Waals surface area contributed by atoms with Gasteiger partial charge in [-0.15, -0.1) is 0 Å². The average Bonchev–Trinajstić information content (AvgIpc) is 2.95. The first kappa shape index (κ1) is 26.7. The lowest BCUT2D eigenvalue weighted by atomic mass is 9.94. The van der Waals surface area contributed by atoms with E-state index in [1.54, 1.807) is 30.3 Å². The first-order chi connectivity index (χ1) is 18.3. The van der Waals surface area contributed by atoms with E-state index in [9.17, 15) is 4.79 Å². The molecule has 0 unspecified atom stereocenters. The molecule has 1 saturated heterocycles. The van der Waals surface area contributed by atoms with Crippen molar-refractivity contribution < 1.29 is 14.3 Å². The van der Waals surface area contributed by atoms with Crippen molar-refractivity contribution >= 4 is 17.6 Å². The molecule has 3 aromatic carbocycles. The molecule has 8 heteroatoms. The summed E-state index contributed by atoms with van der Waals surface area (Å²) in [6, 6.07) is 19.9. The second-order valence-corrected chi connectivity index (χ2v) is 9.61. The van der Waals surface area contributed by atoms with Gasteiger partial charge in [-0.25, -0.2) is 0 Å². The quantitative estimate of drug-likeness (QED) is 0.230. The number of amides is 1. The van der Waals surface area contributed by atoms with Crippen LogP contribution in [0.15, 0.2) is 66.7 Å². The predicted molar refractivity (Wildman–Crippen MR) is 149 cm³/mol. The number of piperidine rings is 1. The Kier molecular flexibility index (Phi) is 8.63. The summed E-state index contributed by atoms with van der Waals surface area (Å²) in [6.45, 7) is 4.16. The molecule has 0 aliphatic carbocycles. The molecule has 0 saturated carbocycles. The number of hydrogen-bond donors (Lipinski definition) is 4. The Morgan fingerprint density at radius 1 is 0.868 bits per heavy atom. The molecule has 1 fully saturated rings. The highest BCUT2D eigenvalue weighted by atomic mass is 16.5. The van der Waals surface area contributed by atoms with Crippen LogP contribution in [0.5, 0.6) is 11.5 Å². The number of carbonyl (C=O) groups excluding carboxylic acids is 1. The van der Waals surface area contributed by atoms with Crippen LogP contribution in [0.3, 0.4) is 0 Å². The molecule has 0 bridgehead atoms. The minimum Gasteiger partial charge on any atom is -0.489 e. The molecule has 38 heavy (non-hydrogen) atoms. The van der Waals surface area contributed by atoms with Crippen LogP contribution < -0.4 is 20.9 Å². The van der Waals surface area contributed by atoms with Gasteiger partial charge < -0.3 is 25.8 Å². The Labute approximate surface area is 223 Å². The van der Waals surface area contributed by atoms with Crippen LogP contribution in [0, 0.1) is 16.7 Å². The Balaban J connectivity index is 1.54. The summed E-state index contributed by atoms with van der Waals surface area (Å²) in [7, 11) is 0. The van der Waals surface area contributed by atoms with Gasteiger partial charge in [-0.2, -0.15) is 0 Å². The zero-order valence-electron chi connectivity index (χ0n) is 21.7. The van der Waals surface area contributed by atoms with Gasteiger partial charge in [-0.1, -0.05) is 49.7 Å². The monoisotopic (exact) mass is 513 g/mol. The lowest BCUT2D eigenvalue weighted by Crippen LogP contribution is -2.38. The fraction of sp³-hybridized carbons (Fsp3) is 0.300. The fourth-order valence-electron chi connectivity index (χ4n) is 4.59. The van der Waals surface area contributed by atoms with E-state index in [0.717, 1.165) is 43.5 Å². The Morgan fingerprint density at radius 2 is 1.45 bits per heavy atom. The number of benzene rings is 3. The number of nitrogens with two attached hydrogens (primary N) is 2. The largest absolute Gasteiger partial charge is 0.489 e. The molecular formula is C30H35N5O3. The molecule has 1 aliphatic heterocycles. The number of nitrogens with zero attached hydrogens (tertiary/aromatic N) is 1. The zero-order valence-corrected chi connectivity index (χ0v) is 21.7. The number of amidine groups is 2. The highest BCUT2D eigenvalue weighted by molar-refractivity contribution is 5.97. The standard InChI is InChI=1S/C30H35N5O3/c1-2-20-11-13-35(14-12-20)30(36)26-10-9-25(37-18-21-5-3-7-23(15-21)28(31)32)17-27(26)38-19-22-6-4-8-24(16-22)29(33)34/h3-10,15-17,20H,2,11-14,18-19H2,1H3,(H3,31,32)(H3,33,34). The molecular weight excluding hydrogens is 478 g/mol. The number of nitrogens with one attached hydrogen (secondary N) is 2. The van der Waals surface area contributed by atoms with Crippen molar-refractivity contribution in [3.8, 4) is 11.5 Å². The summed E-state index contributed by atoms with van der Waals surface area (Å²) in [4.78, 5) is 15.4. The highest BCUT2D eigenvalue weighted by Crippen LogP contribution is 2.30. The van der Waals surface area contributed by atoms with Gasteiger partial charge in [-0.05, 0) is 54.2 Å². The maximum Gasteiger partial charge on any atom is 0.257 e. The minimum atomic E-state index is -0.0484. The van der Waals surface area contributed by atoms with E-state index in [1.165, 1.54) is 0 Å². The summed E-state index contributed by atoms with van der Waals surface area (Å²) in [5.74, 6) is 1.61. The van der Waals surface area contributed by atoms with Gasteiger partial charge in [0.2, 0.25) is 0 Å². The van der Waals surface area contributed by atoms with Crippen LogP contribution in [0.2, 0.25) is 0 Å². The minimum absolute atomic E-state index is 0.00205. The Morgan fingerprint density at radius 3 is 2.00 bits per heavy atom. The summed E-state index contributed by atoms with van der Waals surface area (Å²) in [6.07, 6.45) is 3.16. The van der Waals surface area contributed by atoms with Gasteiger partial charge in [0, 0.05) is 30.3 Å². The molecule has 3 aromatic rings. The number of hydrogen-bond acceptors (Lipinski definition) is 5. The first-order valence-corrected chi connectivity index (χ1v) is 12.9. The summed E-state index contributed by atoms with van der Waals surface area (Å²) in [5, 5.41) is 15.3. The van der Waals surface area contributed by atoms with Gasteiger partial charge in [0.15, 0.2) is 0 Å². The third kappa shape index (κ3) is 6.70. The first-order valence-electron chi connectivity index (χ1n) is 12.9. The van der Waals surface area contributed by atoms with Crippen molar-refractivity contribution in [2.24, 2.45) is 17.4 Å². The van der Waals surface area contributed by atoms with Crippen molar-refractivity contribution in [3.05, 3.63) is 94.5 Å². The molecule has 0 aromatic heterocycles.